The maximum atomic E-state index is 12.0. The normalized spacial score (nSPS) is 14.0. The number of benzene rings is 3. The van der Waals surface area contributed by atoms with Gasteiger partial charge in [-0.1, -0.05) is 68.3 Å². The first kappa shape index (κ1) is 20.9. The van der Waals surface area contributed by atoms with Crippen molar-refractivity contribution in [3.05, 3.63) is 82.9 Å². The summed E-state index contributed by atoms with van der Waals surface area (Å²) in [6.45, 7) is 2.06. The van der Waals surface area contributed by atoms with Crippen molar-refractivity contribution in [1.82, 2.24) is 0 Å². The maximum Gasteiger partial charge on any atom is 0.336 e. The van der Waals surface area contributed by atoms with E-state index in [1.54, 1.807) is 24.3 Å². The Morgan fingerprint density at radius 3 is 1.94 bits per heavy atom. The van der Waals surface area contributed by atoms with Crippen LogP contribution in [-0.4, -0.2) is 22.2 Å². The van der Waals surface area contributed by atoms with Crippen molar-refractivity contribution in [2.75, 3.05) is 0 Å². The summed E-state index contributed by atoms with van der Waals surface area (Å²) in [5.74, 6) is -1.52. The highest BCUT2D eigenvalue weighted by Crippen LogP contribution is 2.43. The molecule has 0 aliphatic heterocycles. The molecule has 0 saturated heterocycles. The molecule has 1 saturated carbocycles. The number of hydrogen-bond donors (Lipinski definition) is 2. The Hall–Kier alpha value is -3.40. The summed E-state index contributed by atoms with van der Waals surface area (Å²) >= 11 is 0. The molecule has 4 rings (SSSR count). The van der Waals surface area contributed by atoms with Crippen molar-refractivity contribution < 1.29 is 19.8 Å². The van der Waals surface area contributed by atoms with Crippen molar-refractivity contribution in [1.29, 1.82) is 0 Å². The summed E-state index contributed by atoms with van der Waals surface area (Å²) in [4.78, 5) is 24.0. The fraction of sp³-hybridized carbons (Fsp3) is 0.259. The zero-order chi connectivity index (χ0) is 22.0. The molecule has 0 bridgehead atoms. The first-order valence-electron chi connectivity index (χ1n) is 10.8. The van der Waals surface area contributed by atoms with Gasteiger partial charge in [-0.2, -0.15) is 0 Å². The number of aryl methyl sites for hydroxylation is 1. The third-order valence-electron chi connectivity index (χ3n) is 6.32. The Bertz CT molecular complexity index is 1140. The fourth-order valence-corrected chi connectivity index (χ4v) is 4.82. The second-order valence-corrected chi connectivity index (χ2v) is 8.14. The number of aromatic carboxylic acids is 2. The fourth-order valence-electron chi connectivity index (χ4n) is 4.82. The predicted molar refractivity (Wildman–Crippen MR) is 122 cm³/mol. The van der Waals surface area contributed by atoms with Crippen molar-refractivity contribution in [2.24, 2.45) is 0 Å². The third-order valence-corrected chi connectivity index (χ3v) is 6.32. The van der Waals surface area contributed by atoms with Crippen LogP contribution in [0.15, 0.2) is 60.7 Å². The van der Waals surface area contributed by atoms with Crippen molar-refractivity contribution in [3.8, 4) is 22.3 Å². The average molecular weight is 415 g/mol. The van der Waals surface area contributed by atoms with E-state index in [0.29, 0.717) is 17.0 Å². The van der Waals surface area contributed by atoms with E-state index in [-0.39, 0.29) is 11.1 Å². The van der Waals surface area contributed by atoms with E-state index >= 15 is 0 Å². The van der Waals surface area contributed by atoms with Gasteiger partial charge < -0.3 is 10.2 Å². The zero-order valence-corrected chi connectivity index (χ0v) is 17.6. The summed E-state index contributed by atoms with van der Waals surface area (Å²) in [6.07, 6.45) is 5.40. The van der Waals surface area contributed by atoms with Crippen LogP contribution in [0.2, 0.25) is 0 Å². The molecule has 3 aromatic carbocycles. The highest BCUT2D eigenvalue weighted by Gasteiger charge is 2.24. The number of carboxylic acids is 2. The molecule has 4 nitrogen and oxygen atoms in total. The van der Waals surface area contributed by atoms with Gasteiger partial charge in [0.2, 0.25) is 0 Å². The monoisotopic (exact) mass is 414 g/mol. The first-order chi connectivity index (χ1) is 15.0. The Balaban J connectivity index is 2.07. The van der Waals surface area contributed by atoms with Crippen LogP contribution in [0.3, 0.4) is 0 Å². The first-order valence-corrected chi connectivity index (χ1v) is 10.8. The number of rotatable bonds is 6. The van der Waals surface area contributed by atoms with Gasteiger partial charge in [0.1, 0.15) is 0 Å². The second kappa shape index (κ2) is 8.76. The molecule has 2 N–H and O–H groups in total. The molecule has 0 spiro atoms. The smallest absolute Gasteiger partial charge is 0.336 e. The molecule has 0 heterocycles. The molecule has 1 aliphatic rings. The molecule has 0 unspecified atom stereocenters. The second-order valence-electron chi connectivity index (χ2n) is 8.14. The van der Waals surface area contributed by atoms with Crippen LogP contribution in [0.25, 0.3) is 22.3 Å². The van der Waals surface area contributed by atoms with E-state index in [1.165, 1.54) is 18.4 Å². The largest absolute Gasteiger partial charge is 0.478 e. The molecule has 31 heavy (non-hydrogen) atoms. The van der Waals surface area contributed by atoms with Crippen LogP contribution in [0.4, 0.5) is 0 Å². The van der Waals surface area contributed by atoms with Crippen LogP contribution >= 0.6 is 0 Å². The Morgan fingerprint density at radius 2 is 1.35 bits per heavy atom. The van der Waals surface area contributed by atoms with Gasteiger partial charge >= 0.3 is 11.9 Å². The van der Waals surface area contributed by atoms with Gasteiger partial charge in [0, 0.05) is 0 Å². The van der Waals surface area contributed by atoms with Gasteiger partial charge in [-0.3, -0.25) is 0 Å². The molecule has 1 aliphatic carbocycles. The van der Waals surface area contributed by atoms with Crippen LogP contribution < -0.4 is 0 Å². The maximum absolute atomic E-state index is 12.0. The molecule has 1 fully saturated rings. The summed E-state index contributed by atoms with van der Waals surface area (Å²) in [5, 5.41) is 19.7. The lowest BCUT2D eigenvalue weighted by molar-refractivity contribution is 0.0686. The van der Waals surface area contributed by atoms with Gasteiger partial charge in [-0.05, 0) is 70.7 Å². The standard InChI is InChI=1S/C27H26O4/c1-2-17-15-19(18-9-3-4-10-18)16-24(20-11-5-7-13-22(20)26(28)29)25(17)21-12-6-8-14-23(21)27(30)31/h5-8,11-16,18H,2-4,9-10H2,1H3,(H,28,29)(H,30,31). The van der Waals surface area contributed by atoms with Crippen molar-refractivity contribution in [2.45, 2.75) is 44.9 Å². The summed E-state index contributed by atoms with van der Waals surface area (Å²) < 4.78 is 0. The lowest BCUT2D eigenvalue weighted by atomic mass is 9.82. The Labute approximate surface area is 182 Å². The molecule has 4 heteroatoms. The molecule has 0 aromatic heterocycles. The molecule has 3 aromatic rings. The lowest BCUT2D eigenvalue weighted by Gasteiger charge is -2.22. The predicted octanol–water partition coefficient (Wildman–Crippen LogP) is 6.64. The summed E-state index contributed by atoms with van der Waals surface area (Å²) in [7, 11) is 0. The third kappa shape index (κ3) is 3.98. The number of carbonyl (C=O) groups is 2. The van der Waals surface area contributed by atoms with Gasteiger partial charge in [0.05, 0.1) is 11.1 Å². The highest BCUT2D eigenvalue weighted by molar-refractivity contribution is 6.03. The number of hydrogen-bond acceptors (Lipinski definition) is 2. The van der Waals surface area contributed by atoms with E-state index in [4.69, 9.17) is 0 Å². The van der Waals surface area contributed by atoms with E-state index in [1.807, 2.05) is 24.3 Å². The van der Waals surface area contributed by atoms with Crippen LogP contribution in [0.5, 0.6) is 0 Å². The van der Waals surface area contributed by atoms with E-state index < -0.39 is 11.9 Å². The molecular weight excluding hydrogens is 388 g/mol. The average Bonchev–Trinajstić information content (AvgIpc) is 3.33. The highest BCUT2D eigenvalue weighted by atomic mass is 16.4. The molecule has 0 radical (unpaired) electrons. The van der Waals surface area contributed by atoms with Crippen LogP contribution in [-0.2, 0) is 6.42 Å². The van der Waals surface area contributed by atoms with Crippen LogP contribution in [0.1, 0.15) is 70.4 Å². The zero-order valence-electron chi connectivity index (χ0n) is 17.6. The van der Waals surface area contributed by atoms with Crippen LogP contribution in [0, 0.1) is 0 Å². The SMILES string of the molecule is CCc1cc(C2CCCC2)cc(-c2ccccc2C(=O)O)c1-c1ccccc1C(=O)O. The Kier molecular flexibility index (Phi) is 5.90. The van der Waals surface area contributed by atoms with Gasteiger partial charge in [-0.25, -0.2) is 9.59 Å². The van der Waals surface area contributed by atoms with Crippen molar-refractivity contribution >= 4 is 11.9 Å². The number of carboxylic acid groups (broad SMARTS) is 2. The minimum atomic E-state index is -0.991. The summed E-state index contributed by atoms with van der Waals surface area (Å²) in [6, 6.07) is 18.3. The van der Waals surface area contributed by atoms with E-state index in [9.17, 15) is 19.8 Å². The van der Waals surface area contributed by atoms with Gasteiger partial charge in [0.25, 0.3) is 0 Å². The quantitative estimate of drug-likeness (QED) is 0.474. The minimum absolute atomic E-state index is 0.222. The molecule has 0 atom stereocenters. The molecule has 158 valence electrons. The molecular formula is C27H26O4. The topological polar surface area (TPSA) is 74.6 Å². The summed E-state index contributed by atoms with van der Waals surface area (Å²) in [5.41, 5.74) is 5.58. The van der Waals surface area contributed by atoms with E-state index in [0.717, 1.165) is 36.0 Å². The lowest BCUT2D eigenvalue weighted by Crippen LogP contribution is -2.06. The van der Waals surface area contributed by atoms with Crippen molar-refractivity contribution in [3.63, 3.8) is 0 Å². The Morgan fingerprint density at radius 1 is 0.806 bits per heavy atom. The van der Waals surface area contributed by atoms with Gasteiger partial charge in [-0.15, -0.1) is 0 Å². The molecule has 0 amide bonds. The van der Waals surface area contributed by atoms with E-state index in [2.05, 4.69) is 19.1 Å². The van der Waals surface area contributed by atoms with Gasteiger partial charge in [0.15, 0.2) is 0 Å². The minimum Gasteiger partial charge on any atom is -0.478 e.